The van der Waals surface area contributed by atoms with Gasteiger partial charge in [-0.25, -0.2) is 0 Å². The van der Waals surface area contributed by atoms with Gasteiger partial charge in [0.05, 0.1) is 16.3 Å². The maximum absolute atomic E-state index is 12.9. The summed E-state index contributed by atoms with van der Waals surface area (Å²) in [7, 11) is 0. The molecule has 2 aliphatic rings. The summed E-state index contributed by atoms with van der Waals surface area (Å²) in [5, 5.41) is 18.0. The van der Waals surface area contributed by atoms with Gasteiger partial charge in [0.15, 0.2) is 23.0 Å². The summed E-state index contributed by atoms with van der Waals surface area (Å²) in [6, 6.07) is 15.5. The van der Waals surface area contributed by atoms with E-state index in [1.165, 1.54) is 0 Å². The summed E-state index contributed by atoms with van der Waals surface area (Å²) in [4.78, 5) is 17.9. The quantitative estimate of drug-likeness (QED) is 0.499. The van der Waals surface area contributed by atoms with Gasteiger partial charge >= 0.3 is 0 Å². The summed E-state index contributed by atoms with van der Waals surface area (Å²) in [5.41, 5.74) is 3.00. The van der Waals surface area contributed by atoms with Crippen LogP contribution in [0.15, 0.2) is 53.9 Å². The largest absolute Gasteiger partial charge is 0.454 e. The molecule has 9 nitrogen and oxygen atoms in total. The summed E-state index contributed by atoms with van der Waals surface area (Å²) < 4.78 is 10.8. The van der Waals surface area contributed by atoms with Crippen LogP contribution in [0.4, 0.5) is 5.82 Å². The summed E-state index contributed by atoms with van der Waals surface area (Å²) in [6.45, 7) is 2.82. The number of amides is 1. The molecular formula is C23H20N6O3S. The number of piperazine rings is 1. The molecule has 6 rings (SSSR count). The molecular weight excluding hydrogens is 440 g/mol. The van der Waals surface area contributed by atoms with Crippen molar-refractivity contribution in [1.82, 2.24) is 25.3 Å². The molecule has 1 aromatic carbocycles. The number of hydrogen-bond donors (Lipinski definition) is 1. The average molecular weight is 461 g/mol. The molecule has 166 valence electrons. The molecule has 0 bridgehead atoms. The Morgan fingerprint density at radius 3 is 2.64 bits per heavy atom. The number of benzene rings is 1. The van der Waals surface area contributed by atoms with Gasteiger partial charge in [-0.3, -0.25) is 9.89 Å². The van der Waals surface area contributed by atoms with Gasteiger partial charge < -0.3 is 19.3 Å². The fourth-order valence-corrected chi connectivity index (χ4v) is 4.69. The number of nitrogens with zero attached hydrogens (tertiary/aromatic N) is 5. The highest BCUT2D eigenvalue weighted by atomic mass is 32.1. The molecule has 0 aliphatic carbocycles. The fraction of sp³-hybridized carbons (Fsp3) is 0.217. The first kappa shape index (κ1) is 19.7. The maximum atomic E-state index is 12.9. The zero-order valence-corrected chi connectivity index (χ0v) is 18.4. The van der Waals surface area contributed by atoms with Crippen LogP contribution >= 0.6 is 11.3 Å². The van der Waals surface area contributed by atoms with Gasteiger partial charge in [-0.15, -0.1) is 21.5 Å². The Labute approximate surface area is 193 Å². The molecule has 2 aliphatic heterocycles. The third-order valence-corrected chi connectivity index (χ3v) is 6.70. The molecule has 0 saturated carbocycles. The molecule has 0 unspecified atom stereocenters. The van der Waals surface area contributed by atoms with Gasteiger partial charge in [0.25, 0.3) is 5.91 Å². The van der Waals surface area contributed by atoms with Crippen LogP contribution in [0.25, 0.3) is 21.8 Å². The van der Waals surface area contributed by atoms with Gasteiger partial charge in [-0.2, -0.15) is 5.10 Å². The zero-order chi connectivity index (χ0) is 22.2. The number of carbonyl (C=O) groups excluding carboxylic acids is 1. The van der Waals surface area contributed by atoms with Crippen molar-refractivity contribution >= 4 is 23.1 Å². The molecule has 0 atom stereocenters. The summed E-state index contributed by atoms with van der Waals surface area (Å²) in [6.07, 6.45) is 0. The Balaban J connectivity index is 1.09. The molecule has 5 heterocycles. The summed E-state index contributed by atoms with van der Waals surface area (Å²) >= 11 is 1.61. The second kappa shape index (κ2) is 8.21. The smallest absolute Gasteiger partial charge is 0.274 e. The Morgan fingerprint density at radius 1 is 0.970 bits per heavy atom. The average Bonchev–Trinajstić information content (AvgIpc) is 3.64. The van der Waals surface area contributed by atoms with Gasteiger partial charge in [0.2, 0.25) is 6.79 Å². The lowest BCUT2D eigenvalue weighted by atomic mass is 10.1. The summed E-state index contributed by atoms with van der Waals surface area (Å²) in [5.74, 6) is 2.20. The minimum atomic E-state index is -0.0575. The molecule has 0 spiro atoms. The Hall–Kier alpha value is -3.92. The van der Waals surface area contributed by atoms with Gasteiger partial charge in [-0.1, -0.05) is 6.07 Å². The lowest BCUT2D eigenvalue weighted by Crippen LogP contribution is -2.49. The number of H-pyrrole nitrogens is 1. The predicted octanol–water partition coefficient (Wildman–Crippen LogP) is 3.29. The first-order valence-corrected chi connectivity index (χ1v) is 11.5. The molecule has 1 fully saturated rings. The number of rotatable bonds is 4. The number of anilines is 1. The van der Waals surface area contributed by atoms with Crippen LogP contribution in [0.1, 0.15) is 10.5 Å². The SMILES string of the molecule is O=C(c1cc(-c2cccs2)[nH]n1)N1CCN(c2ccc(-c3ccc4c(c3)OCO4)nn2)CC1. The van der Waals surface area contributed by atoms with E-state index in [4.69, 9.17) is 9.47 Å². The van der Waals surface area contributed by atoms with Crippen LogP contribution in [0.3, 0.4) is 0 Å². The monoisotopic (exact) mass is 460 g/mol. The van der Waals surface area contributed by atoms with Crippen LogP contribution in [0.2, 0.25) is 0 Å². The first-order valence-electron chi connectivity index (χ1n) is 10.6. The van der Waals surface area contributed by atoms with Crippen LogP contribution in [-0.4, -0.2) is 64.2 Å². The van der Waals surface area contributed by atoms with Crippen molar-refractivity contribution in [3.8, 4) is 33.3 Å². The van der Waals surface area contributed by atoms with Gasteiger partial charge in [0, 0.05) is 31.7 Å². The third-order valence-electron chi connectivity index (χ3n) is 5.79. The van der Waals surface area contributed by atoms with Crippen LogP contribution in [0.5, 0.6) is 11.5 Å². The van der Waals surface area contributed by atoms with Crippen LogP contribution in [0, 0.1) is 0 Å². The highest BCUT2D eigenvalue weighted by Crippen LogP contribution is 2.35. The fourth-order valence-electron chi connectivity index (χ4n) is 3.99. The standard InChI is InChI=1S/C23H20N6O3S/c30-23(18-13-17(25-26-18)21-2-1-11-33-21)29-9-7-28(8-10-29)22-6-4-16(24-27-22)15-3-5-19-20(12-15)32-14-31-19/h1-6,11-13H,7-10,14H2,(H,25,26). The number of nitrogens with one attached hydrogen (secondary N) is 1. The van der Waals surface area contributed by atoms with Crippen molar-refractivity contribution in [3.05, 3.63) is 59.6 Å². The second-order valence-corrected chi connectivity index (χ2v) is 8.72. The minimum absolute atomic E-state index is 0.0575. The molecule has 10 heteroatoms. The van der Waals surface area contributed by atoms with Crippen LogP contribution < -0.4 is 14.4 Å². The lowest BCUT2D eigenvalue weighted by molar-refractivity contribution is 0.0740. The first-order chi connectivity index (χ1) is 16.2. The van der Waals surface area contributed by atoms with Crippen molar-refractivity contribution in [3.63, 3.8) is 0 Å². The Morgan fingerprint density at radius 2 is 1.85 bits per heavy atom. The molecule has 3 aromatic heterocycles. The van der Waals surface area contributed by atoms with Crippen LogP contribution in [-0.2, 0) is 0 Å². The zero-order valence-electron chi connectivity index (χ0n) is 17.6. The van der Waals surface area contributed by atoms with E-state index in [-0.39, 0.29) is 12.7 Å². The lowest BCUT2D eigenvalue weighted by Gasteiger charge is -2.34. The van der Waals surface area contributed by atoms with E-state index in [0.29, 0.717) is 31.9 Å². The number of ether oxygens (including phenoxy) is 2. The molecule has 1 saturated heterocycles. The normalized spacial score (nSPS) is 15.2. The predicted molar refractivity (Wildman–Crippen MR) is 124 cm³/mol. The third kappa shape index (κ3) is 3.78. The van der Waals surface area contributed by atoms with Crippen molar-refractivity contribution in [1.29, 1.82) is 0 Å². The Kier molecular flexibility index (Phi) is 4.91. The second-order valence-electron chi connectivity index (χ2n) is 7.77. The van der Waals surface area contributed by atoms with E-state index in [2.05, 4.69) is 25.3 Å². The van der Waals surface area contributed by atoms with E-state index in [1.54, 1.807) is 11.3 Å². The molecule has 1 amide bonds. The molecule has 1 N–H and O–H groups in total. The van der Waals surface area contributed by atoms with E-state index >= 15 is 0 Å². The van der Waals surface area contributed by atoms with E-state index in [9.17, 15) is 4.79 Å². The Bertz CT molecular complexity index is 1280. The number of hydrogen-bond acceptors (Lipinski definition) is 8. The van der Waals surface area contributed by atoms with Crippen molar-refractivity contribution in [2.45, 2.75) is 0 Å². The number of fused-ring (bicyclic) bond motifs is 1. The number of thiophene rings is 1. The number of aromatic nitrogens is 4. The van der Waals surface area contributed by atoms with Crippen molar-refractivity contribution < 1.29 is 14.3 Å². The van der Waals surface area contributed by atoms with Gasteiger partial charge in [-0.05, 0) is 47.8 Å². The van der Waals surface area contributed by atoms with E-state index < -0.39 is 0 Å². The van der Waals surface area contributed by atoms with Crippen molar-refractivity contribution in [2.75, 3.05) is 37.9 Å². The van der Waals surface area contributed by atoms with Crippen molar-refractivity contribution in [2.24, 2.45) is 0 Å². The van der Waals surface area contributed by atoms with E-state index in [1.807, 2.05) is 58.8 Å². The highest BCUT2D eigenvalue weighted by molar-refractivity contribution is 7.13. The van der Waals surface area contributed by atoms with E-state index in [0.717, 1.165) is 39.1 Å². The molecule has 0 radical (unpaired) electrons. The highest BCUT2D eigenvalue weighted by Gasteiger charge is 2.25. The molecule has 33 heavy (non-hydrogen) atoms. The number of carbonyl (C=O) groups is 1. The molecule has 4 aromatic rings. The number of aromatic amines is 1. The topological polar surface area (TPSA) is 96.5 Å². The minimum Gasteiger partial charge on any atom is -0.454 e. The van der Waals surface area contributed by atoms with Gasteiger partial charge in [0.1, 0.15) is 0 Å². The maximum Gasteiger partial charge on any atom is 0.274 e.